The molecule has 0 aliphatic carbocycles. The van der Waals surface area contributed by atoms with Crippen molar-refractivity contribution in [2.75, 3.05) is 0 Å². The van der Waals surface area contributed by atoms with Crippen molar-refractivity contribution in [3.05, 3.63) is 115 Å². The second-order valence-electron chi connectivity index (χ2n) is 14.2. The van der Waals surface area contributed by atoms with Gasteiger partial charge in [-0.2, -0.15) is 0 Å². The molecule has 9 aromatic rings. The van der Waals surface area contributed by atoms with Gasteiger partial charge in [-0.25, -0.2) is 15.0 Å². The topological polar surface area (TPSA) is 51.8 Å². The Morgan fingerprint density at radius 2 is 0.729 bits per heavy atom. The van der Waals surface area contributed by atoms with Crippen molar-refractivity contribution < 1.29 is 4.42 Å². The fourth-order valence-electron chi connectivity index (χ4n) is 7.44. The lowest BCUT2D eigenvalue weighted by Crippen LogP contribution is -2.55. The van der Waals surface area contributed by atoms with Crippen LogP contribution in [0.2, 0.25) is 0 Å². The van der Waals surface area contributed by atoms with E-state index in [4.69, 9.17) is 92.8 Å². The summed E-state index contributed by atoms with van der Waals surface area (Å²) in [6.45, 7) is 0. The van der Waals surface area contributed by atoms with Crippen LogP contribution in [-0.2, 0) is 0 Å². The molecule has 0 atom stereocenters. The van der Waals surface area contributed by atoms with E-state index < -0.39 is 0 Å². The van der Waals surface area contributed by atoms with Gasteiger partial charge in [-0.1, -0.05) is 119 Å². The summed E-state index contributed by atoms with van der Waals surface area (Å²) in [5.41, 5.74) is 8.94. The van der Waals surface area contributed by atoms with Gasteiger partial charge in [0.25, 0.3) is 0 Å². The van der Waals surface area contributed by atoms with Gasteiger partial charge < -0.3 is 4.42 Å². The Balaban J connectivity index is 1.15. The molecule has 14 heteroatoms. The van der Waals surface area contributed by atoms with Crippen molar-refractivity contribution in [1.82, 2.24) is 15.0 Å². The maximum atomic E-state index is 6.47. The zero-order valence-corrected chi connectivity index (χ0v) is 31.5. The predicted octanol–water partition coefficient (Wildman–Crippen LogP) is -0.289. The molecule has 0 N–H and O–H groups in total. The molecular weight excluding hydrogens is 707 g/mol. The van der Waals surface area contributed by atoms with E-state index in [9.17, 15) is 0 Å². The number of hydrogen-bond donors (Lipinski definition) is 0. The number of benzene rings is 7. The first-order chi connectivity index (χ1) is 28.4. The van der Waals surface area contributed by atoms with E-state index in [1.165, 1.54) is 11.1 Å². The second kappa shape index (κ2) is 15.0. The molecule has 7 aromatic carbocycles. The summed E-state index contributed by atoms with van der Waals surface area (Å²) in [6, 6.07) is 39.1. The smallest absolute Gasteiger partial charge is 0.164 e. The number of aromatic nitrogens is 3. The first-order valence-corrected chi connectivity index (χ1v) is 18.4. The minimum atomic E-state index is 0.00809. The molecule has 0 saturated heterocycles. The Morgan fingerprint density at radius 1 is 0.322 bits per heavy atom. The number of hydrogen-bond acceptors (Lipinski definition) is 4. The fourth-order valence-corrected chi connectivity index (χ4v) is 7.44. The predicted molar refractivity (Wildman–Crippen MR) is 254 cm³/mol. The second-order valence-corrected chi connectivity index (χ2v) is 14.2. The molecule has 0 unspecified atom stereocenters. The summed E-state index contributed by atoms with van der Waals surface area (Å²) in [7, 11) is 63.1. The zero-order valence-electron chi connectivity index (χ0n) is 31.5. The highest BCUT2D eigenvalue weighted by Crippen LogP contribution is 2.39. The van der Waals surface area contributed by atoms with E-state index in [0.717, 1.165) is 33.0 Å². The minimum absolute atomic E-state index is 0.00809. The summed E-state index contributed by atoms with van der Waals surface area (Å²) < 4.78 is 6.47. The third-order valence-electron chi connectivity index (χ3n) is 10.8. The quantitative estimate of drug-likeness (QED) is 0.222. The van der Waals surface area contributed by atoms with Crippen LogP contribution in [0.15, 0.2) is 120 Å². The molecule has 4 nitrogen and oxygen atoms in total. The fraction of sp³-hybridized carbons (Fsp3) is 0. The zero-order chi connectivity index (χ0) is 41.3. The van der Waals surface area contributed by atoms with E-state index in [0.29, 0.717) is 16.7 Å². The van der Waals surface area contributed by atoms with Crippen LogP contribution in [0.25, 0.3) is 89.5 Å². The lowest BCUT2D eigenvalue weighted by Gasteiger charge is -2.22. The summed E-state index contributed by atoms with van der Waals surface area (Å²) in [4.78, 5) is 14.3. The third kappa shape index (κ3) is 6.54. The van der Waals surface area contributed by atoms with E-state index in [2.05, 4.69) is 71.7 Å². The highest BCUT2D eigenvalue weighted by Gasteiger charge is 2.22. The van der Waals surface area contributed by atoms with Crippen LogP contribution in [0.3, 0.4) is 0 Å². The van der Waals surface area contributed by atoms with Gasteiger partial charge in [-0.15, -0.1) is 32.8 Å². The van der Waals surface area contributed by atoms with E-state index >= 15 is 0 Å². The number of rotatable bonds is 6. The average molecular weight is 726 g/mol. The van der Waals surface area contributed by atoms with Gasteiger partial charge in [0.2, 0.25) is 0 Å². The van der Waals surface area contributed by atoms with Gasteiger partial charge in [0, 0.05) is 27.5 Å². The van der Waals surface area contributed by atoms with Crippen LogP contribution in [0.5, 0.6) is 0 Å². The highest BCUT2D eigenvalue weighted by molar-refractivity contribution is 6.69. The molecule has 2 heterocycles. The molecule has 0 bridgehead atoms. The van der Waals surface area contributed by atoms with Gasteiger partial charge in [-0.3, -0.25) is 0 Å². The van der Waals surface area contributed by atoms with Crippen LogP contribution in [0.1, 0.15) is 0 Å². The lowest BCUT2D eigenvalue weighted by molar-refractivity contribution is 0.669. The normalized spacial score (nSPS) is 11.4. The third-order valence-corrected chi connectivity index (χ3v) is 10.8. The van der Waals surface area contributed by atoms with Gasteiger partial charge in [0.1, 0.15) is 89.6 Å². The van der Waals surface area contributed by atoms with Gasteiger partial charge in [-0.05, 0) is 51.6 Å². The van der Waals surface area contributed by atoms with Crippen LogP contribution in [0.4, 0.5) is 0 Å². The molecule has 0 amide bonds. The van der Waals surface area contributed by atoms with Gasteiger partial charge in [0.05, 0.1) is 0 Å². The maximum absolute atomic E-state index is 6.47. The molecule has 0 aliphatic rings. The lowest BCUT2D eigenvalue weighted by atomic mass is 9.60. The number of nitrogens with zero attached hydrogens (tertiary/aromatic N) is 3. The number of furan rings is 1. The van der Waals surface area contributed by atoms with Crippen molar-refractivity contribution >= 4 is 155 Å². The Morgan fingerprint density at radius 3 is 1.22 bits per heavy atom. The maximum Gasteiger partial charge on any atom is 0.164 e. The summed E-state index contributed by atoms with van der Waals surface area (Å²) in [5.74, 6) is 0.197. The first kappa shape index (κ1) is 38.5. The van der Waals surface area contributed by atoms with E-state index in [1.54, 1.807) is 0 Å². The SMILES string of the molecule is [B]c1c([B])c([B])c(-c2nc(-c3ccc4c(c3)oc3cccc(-c5ccc(-c6ccc(-c7ccccc7)cc6)cc5)c34)nc(-c3c([B])c([B])c([B])c([B])c3[B])n2)c([B])c1[B]. The molecule has 59 heavy (non-hydrogen) atoms. The van der Waals surface area contributed by atoms with Crippen LogP contribution < -0.4 is 54.6 Å². The Hall–Kier alpha value is -6.00. The molecule has 250 valence electrons. The highest BCUT2D eigenvalue weighted by atomic mass is 16.3. The van der Waals surface area contributed by atoms with Gasteiger partial charge >= 0.3 is 0 Å². The van der Waals surface area contributed by atoms with Crippen LogP contribution >= 0.6 is 0 Å². The average Bonchev–Trinajstić information content (AvgIpc) is 3.65. The first-order valence-electron chi connectivity index (χ1n) is 18.4. The summed E-state index contributed by atoms with van der Waals surface area (Å²) in [5, 5.41) is 1.84. The standard InChI is InChI=1S/C45H19B10N3O/c46-33-31(34(47)38(51)41(54)37(33)50)44-56-43(57-45(58-44)32-35(48)39(52)42(55)40(53)36(32)49)25-17-18-27-29(19-25)59-28-8-4-7-26(30(27)28)24-15-13-23(14-16-24)22-11-9-21(10-12-22)20-5-2-1-3-6-20/h1-19H. The Bertz CT molecular complexity index is 3010. The molecule has 2 aromatic heterocycles. The molecule has 0 aliphatic heterocycles. The minimum Gasteiger partial charge on any atom is -0.456 e. The van der Waals surface area contributed by atoms with E-state index in [1.807, 2.05) is 48.5 Å². The largest absolute Gasteiger partial charge is 0.456 e. The summed E-state index contributed by atoms with van der Waals surface area (Å²) in [6.07, 6.45) is 0. The van der Waals surface area contributed by atoms with Crippen LogP contribution in [-0.4, -0.2) is 93.4 Å². The number of fused-ring (bicyclic) bond motifs is 3. The Kier molecular flexibility index (Phi) is 9.78. The Labute approximate surface area is 355 Å². The molecule has 20 radical (unpaired) electrons. The summed E-state index contributed by atoms with van der Waals surface area (Å²) >= 11 is 0. The monoisotopic (exact) mass is 727 g/mol. The van der Waals surface area contributed by atoms with Crippen molar-refractivity contribution in [2.45, 2.75) is 0 Å². The molecule has 0 fully saturated rings. The molecular formula is C45H19B10N3O. The van der Waals surface area contributed by atoms with Crippen molar-refractivity contribution in [3.63, 3.8) is 0 Å². The van der Waals surface area contributed by atoms with Crippen molar-refractivity contribution in [2.24, 2.45) is 0 Å². The van der Waals surface area contributed by atoms with Crippen molar-refractivity contribution in [3.8, 4) is 67.5 Å². The molecule has 0 spiro atoms. The van der Waals surface area contributed by atoms with Crippen molar-refractivity contribution in [1.29, 1.82) is 0 Å². The van der Waals surface area contributed by atoms with Crippen LogP contribution in [0, 0.1) is 0 Å². The van der Waals surface area contributed by atoms with E-state index in [-0.39, 0.29) is 83.2 Å². The molecule has 0 saturated carbocycles. The molecule has 9 rings (SSSR count). The van der Waals surface area contributed by atoms with Gasteiger partial charge in [0.15, 0.2) is 17.5 Å².